The molecule has 104 valence electrons. The van der Waals surface area contributed by atoms with Crippen molar-refractivity contribution < 1.29 is 9.72 Å². The number of rotatable bonds is 4. The fourth-order valence-corrected chi connectivity index (χ4v) is 1.86. The maximum atomic E-state index is 11.9. The molecule has 2 rings (SSSR count). The van der Waals surface area contributed by atoms with Crippen LogP contribution in [0.3, 0.4) is 0 Å². The molecule has 0 aliphatic heterocycles. The van der Waals surface area contributed by atoms with Gasteiger partial charge in [0, 0.05) is 24.7 Å². The summed E-state index contributed by atoms with van der Waals surface area (Å²) < 4.78 is 1.68. The van der Waals surface area contributed by atoms with Gasteiger partial charge in [-0.15, -0.1) is 0 Å². The van der Waals surface area contributed by atoms with E-state index in [1.54, 1.807) is 11.7 Å². The van der Waals surface area contributed by atoms with Crippen molar-refractivity contribution in [3.8, 4) is 0 Å². The third-order valence-corrected chi connectivity index (χ3v) is 2.85. The molecule has 0 fully saturated rings. The summed E-state index contributed by atoms with van der Waals surface area (Å²) in [5.41, 5.74) is 1.89. The molecule has 0 saturated carbocycles. The standard InChI is InChI=1S/C13H14N4O3/c1-9-6-12(16(2)15-9)8-14-13(18)10-4-3-5-11(7-10)17(19)20/h3-7H,8H2,1-2H3,(H,14,18). The number of nitrogens with zero attached hydrogens (tertiary/aromatic N) is 3. The molecule has 7 heteroatoms. The molecule has 0 spiro atoms. The van der Waals surface area contributed by atoms with Gasteiger partial charge in [-0.2, -0.15) is 5.10 Å². The van der Waals surface area contributed by atoms with Crippen molar-refractivity contribution in [3.05, 3.63) is 57.4 Å². The molecule has 0 atom stereocenters. The highest BCUT2D eigenvalue weighted by atomic mass is 16.6. The number of carbonyl (C=O) groups is 1. The normalized spacial score (nSPS) is 10.3. The topological polar surface area (TPSA) is 90.1 Å². The van der Waals surface area contributed by atoms with Crippen LogP contribution in [0.15, 0.2) is 30.3 Å². The number of benzene rings is 1. The highest BCUT2D eigenvalue weighted by molar-refractivity contribution is 5.94. The van der Waals surface area contributed by atoms with Crippen molar-refractivity contribution in [1.82, 2.24) is 15.1 Å². The maximum absolute atomic E-state index is 11.9. The molecule has 1 heterocycles. The Labute approximate surface area is 115 Å². The van der Waals surface area contributed by atoms with E-state index < -0.39 is 4.92 Å². The van der Waals surface area contributed by atoms with Gasteiger partial charge in [0.2, 0.25) is 0 Å². The highest BCUT2D eigenvalue weighted by Gasteiger charge is 2.12. The minimum atomic E-state index is -0.527. The van der Waals surface area contributed by atoms with Gasteiger partial charge in [-0.3, -0.25) is 19.6 Å². The monoisotopic (exact) mass is 274 g/mol. The lowest BCUT2D eigenvalue weighted by atomic mass is 10.2. The number of carbonyl (C=O) groups excluding carboxylic acids is 1. The lowest BCUT2D eigenvalue weighted by Gasteiger charge is -2.05. The van der Waals surface area contributed by atoms with Crippen LogP contribution < -0.4 is 5.32 Å². The van der Waals surface area contributed by atoms with Gasteiger partial charge in [-0.25, -0.2) is 0 Å². The summed E-state index contributed by atoms with van der Waals surface area (Å²) in [7, 11) is 1.79. The molecule has 2 aromatic rings. The summed E-state index contributed by atoms with van der Waals surface area (Å²) in [5.74, 6) is -0.354. The predicted octanol–water partition coefficient (Wildman–Crippen LogP) is 1.57. The molecule has 20 heavy (non-hydrogen) atoms. The van der Waals surface area contributed by atoms with E-state index in [0.29, 0.717) is 6.54 Å². The lowest BCUT2D eigenvalue weighted by molar-refractivity contribution is -0.384. The van der Waals surface area contributed by atoms with E-state index >= 15 is 0 Å². The van der Waals surface area contributed by atoms with E-state index in [2.05, 4.69) is 10.4 Å². The second-order valence-corrected chi connectivity index (χ2v) is 4.39. The number of aryl methyl sites for hydroxylation is 2. The first-order chi connectivity index (χ1) is 9.47. The summed E-state index contributed by atoms with van der Waals surface area (Å²) in [5, 5.41) is 17.6. The quantitative estimate of drug-likeness (QED) is 0.676. The van der Waals surface area contributed by atoms with Gasteiger partial charge in [-0.05, 0) is 19.1 Å². The molecule has 7 nitrogen and oxygen atoms in total. The third kappa shape index (κ3) is 3.00. The van der Waals surface area contributed by atoms with Crippen LogP contribution in [0.5, 0.6) is 0 Å². The third-order valence-electron chi connectivity index (χ3n) is 2.85. The van der Waals surface area contributed by atoms with E-state index in [-0.39, 0.29) is 17.2 Å². The number of hydrogen-bond donors (Lipinski definition) is 1. The number of aromatic nitrogens is 2. The Hall–Kier alpha value is -2.70. The SMILES string of the molecule is Cc1cc(CNC(=O)c2cccc([N+](=O)[O-])c2)n(C)n1. The molecule has 1 aromatic heterocycles. The molecular weight excluding hydrogens is 260 g/mol. The van der Waals surface area contributed by atoms with Crippen LogP contribution >= 0.6 is 0 Å². The summed E-state index contributed by atoms with van der Waals surface area (Å²) in [6.07, 6.45) is 0. The maximum Gasteiger partial charge on any atom is 0.270 e. The number of non-ortho nitro benzene ring substituents is 1. The van der Waals surface area contributed by atoms with Gasteiger partial charge in [0.25, 0.3) is 11.6 Å². The number of nitro benzene ring substituents is 1. The molecule has 1 amide bonds. The number of amides is 1. The van der Waals surface area contributed by atoms with Crippen LogP contribution in [0.4, 0.5) is 5.69 Å². The fourth-order valence-electron chi connectivity index (χ4n) is 1.86. The van der Waals surface area contributed by atoms with Crippen LogP contribution in [0.1, 0.15) is 21.7 Å². The number of hydrogen-bond acceptors (Lipinski definition) is 4. The van der Waals surface area contributed by atoms with Crippen LogP contribution in [-0.4, -0.2) is 20.6 Å². The zero-order valence-corrected chi connectivity index (χ0v) is 11.2. The van der Waals surface area contributed by atoms with Crippen LogP contribution in [0.2, 0.25) is 0 Å². The predicted molar refractivity (Wildman–Crippen MR) is 72.2 cm³/mol. The minimum Gasteiger partial charge on any atom is -0.346 e. The smallest absolute Gasteiger partial charge is 0.270 e. The van der Waals surface area contributed by atoms with Crippen LogP contribution in [0, 0.1) is 17.0 Å². The van der Waals surface area contributed by atoms with Gasteiger partial charge in [0.1, 0.15) is 0 Å². The van der Waals surface area contributed by atoms with Crippen LogP contribution in [-0.2, 0) is 13.6 Å². The van der Waals surface area contributed by atoms with E-state index in [9.17, 15) is 14.9 Å². The van der Waals surface area contributed by atoms with E-state index in [1.165, 1.54) is 24.3 Å². The molecule has 0 saturated heterocycles. The zero-order valence-electron chi connectivity index (χ0n) is 11.2. The average molecular weight is 274 g/mol. The van der Waals surface area contributed by atoms with Crippen LogP contribution in [0.25, 0.3) is 0 Å². The Morgan fingerprint density at radius 1 is 1.45 bits per heavy atom. The molecule has 0 unspecified atom stereocenters. The molecule has 0 bridgehead atoms. The first-order valence-corrected chi connectivity index (χ1v) is 5.99. The van der Waals surface area contributed by atoms with Gasteiger partial charge in [-0.1, -0.05) is 6.07 Å². The van der Waals surface area contributed by atoms with Crippen molar-refractivity contribution in [1.29, 1.82) is 0 Å². The minimum absolute atomic E-state index is 0.103. The van der Waals surface area contributed by atoms with E-state index in [0.717, 1.165) is 11.4 Å². The summed E-state index contributed by atoms with van der Waals surface area (Å²) in [6, 6.07) is 7.50. The molecular formula is C13H14N4O3. The first-order valence-electron chi connectivity index (χ1n) is 5.99. The Balaban J connectivity index is 2.07. The lowest BCUT2D eigenvalue weighted by Crippen LogP contribution is -2.24. The summed E-state index contributed by atoms with van der Waals surface area (Å²) >= 11 is 0. The van der Waals surface area contributed by atoms with Crippen molar-refractivity contribution in [3.63, 3.8) is 0 Å². The Morgan fingerprint density at radius 2 is 2.20 bits per heavy atom. The largest absolute Gasteiger partial charge is 0.346 e. The Kier molecular flexibility index (Phi) is 3.79. The number of nitro groups is 1. The van der Waals surface area contributed by atoms with Gasteiger partial charge >= 0.3 is 0 Å². The molecule has 1 aromatic carbocycles. The van der Waals surface area contributed by atoms with Crippen molar-refractivity contribution in [2.24, 2.45) is 7.05 Å². The number of nitrogens with one attached hydrogen (secondary N) is 1. The summed E-state index contributed by atoms with van der Waals surface area (Å²) in [4.78, 5) is 22.1. The zero-order chi connectivity index (χ0) is 14.7. The van der Waals surface area contributed by atoms with Crippen molar-refractivity contribution >= 4 is 11.6 Å². The Morgan fingerprint density at radius 3 is 2.80 bits per heavy atom. The fraction of sp³-hybridized carbons (Fsp3) is 0.231. The van der Waals surface area contributed by atoms with Crippen molar-refractivity contribution in [2.45, 2.75) is 13.5 Å². The van der Waals surface area contributed by atoms with Gasteiger partial charge in [0.05, 0.1) is 22.9 Å². The van der Waals surface area contributed by atoms with Gasteiger partial charge < -0.3 is 5.32 Å². The first kappa shape index (κ1) is 13.7. The molecule has 0 aliphatic carbocycles. The second-order valence-electron chi connectivity index (χ2n) is 4.39. The van der Waals surface area contributed by atoms with Crippen molar-refractivity contribution in [2.75, 3.05) is 0 Å². The molecule has 0 aliphatic rings. The summed E-state index contributed by atoms with van der Waals surface area (Å²) in [6.45, 7) is 2.19. The second kappa shape index (κ2) is 5.52. The van der Waals surface area contributed by atoms with Gasteiger partial charge in [0.15, 0.2) is 0 Å². The molecule has 1 N–H and O–H groups in total. The highest BCUT2D eigenvalue weighted by Crippen LogP contribution is 2.13. The van der Waals surface area contributed by atoms with E-state index in [4.69, 9.17) is 0 Å². The molecule has 0 radical (unpaired) electrons. The average Bonchev–Trinajstić information content (AvgIpc) is 2.74. The van der Waals surface area contributed by atoms with E-state index in [1.807, 2.05) is 13.0 Å². The Bertz CT molecular complexity index is 663.